The van der Waals surface area contributed by atoms with Crippen molar-refractivity contribution in [3.63, 3.8) is 0 Å². The van der Waals surface area contributed by atoms with E-state index < -0.39 is 10.0 Å². The van der Waals surface area contributed by atoms with Crippen LogP contribution in [0.3, 0.4) is 0 Å². The normalized spacial score (nSPS) is 11.3. The van der Waals surface area contributed by atoms with Crippen molar-refractivity contribution in [2.24, 2.45) is 0 Å². The fraction of sp³-hybridized carbons (Fsp3) is 0.235. The van der Waals surface area contributed by atoms with Gasteiger partial charge >= 0.3 is 0 Å². The molecule has 0 aliphatic rings. The van der Waals surface area contributed by atoms with Crippen LogP contribution in [-0.2, 0) is 21.2 Å². The van der Waals surface area contributed by atoms with Crippen molar-refractivity contribution in [3.8, 4) is 0 Å². The third-order valence-electron chi connectivity index (χ3n) is 3.42. The van der Waals surface area contributed by atoms with E-state index in [1.54, 1.807) is 12.1 Å². The molecule has 2 aromatic rings. The SMILES string of the molecule is O=C(CCc1ccc(Cl)cc1)NCCNS(=O)(=O)c1ccc(Cl)cc1. The molecule has 0 aromatic heterocycles. The molecule has 0 atom stereocenters. The highest BCUT2D eigenvalue weighted by Crippen LogP contribution is 2.13. The predicted octanol–water partition coefficient (Wildman–Crippen LogP) is 3.02. The van der Waals surface area contributed by atoms with Gasteiger partial charge in [0.25, 0.3) is 0 Å². The van der Waals surface area contributed by atoms with E-state index >= 15 is 0 Å². The molecule has 0 radical (unpaired) electrons. The zero-order valence-electron chi connectivity index (χ0n) is 13.3. The largest absolute Gasteiger partial charge is 0.355 e. The summed E-state index contributed by atoms with van der Waals surface area (Å²) >= 11 is 11.5. The zero-order valence-corrected chi connectivity index (χ0v) is 15.7. The molecular weight excluding hydrogens is 383 g/mol. The number of hydrogen-bond donors (Lipinski definition) is 2. The summed E-state index contributed by atoms with van der Waals surface area (Å²) in [7, 11) is -3.61. The fourth-order valence-electron chi connectivity index (χ4n) is 2.08. The van der Waals surface area contributed by atoms with Gasteiger partial charge in [-0.15, -0.1) is 0 Å². The molecule has 0 heterocycles. The summed E-state index contributed by atoms with van der Waals surface area (Å²) in [5.74, 6) is -0.138. The van der Waals surface area contributed by atoms with Gasteiger partial charge in [-0.2, -0.15) is 0 Å². The number of amides is 1. The molecule has 2 aromatic carbocycles. The average Bonchev–Trinajstić information content (AvgIpc) is 2.59. The number of benzene rings is 2. The molecule has 134 valence electrons. The molecule has 2 N–H and O–H groups in total. The molecule has 5 nitrogen and oxygen atoms in total. The van der Waals surface area contributed by atoms with Crippen LogP contribution in [-0.4, -0.2) is 27.4 Å². The summed E-state index contributed by atoms with van der Waals surface area (Å²) in [6, 6.07) is 13.2. The third kappa shape index (κ3) is 6.66. The maximum atomic E-state index is 12.0. The number of aryl methyl sites for hydroxylation is 1. The van der Waals surface area contributed by atoms with E-state index in [0.29, 0.717) is 22.9 Å². The lowest BCUT2D eigenvalue weighted by Gasteiger charge is -2.08. The summed E-state index contributed by atoms with van der Waals surface area (Å²) in [4.78, 5) is 11.9. The Balaban J connectivity index is 1.70. The Labute approximate surface area is 157 Å². The van der Waals surface area contributed by atoms with Gasteiger partial charge in [-0.25, -0.2) is 13.1 Å². The molecule has 0 saturated heterocycles. The Bertz CT molecular complexity index is 807. The molecule has 0 saturated carbocycles. The van der Waals surface area contributed by atoms with Crippen LogP contribution in [0, 0.1) is 0 Å². The molecule has 8 heteroatoms. The first-order valence-corrected chi connectivity index (χ1v) is 9.87. The molecule has 2 rings (SSSR count). The van der Waals surface area contributed by atoms with E-state index in [1.807, 2.05) is 12.1 Å². The smallest absolute Gasteiger partial charge is 0.240 e. The van der Waals surface area contributed by atoms with Gasteiger partial charge < -0.3 is 5.32 Å². The predicted molar refractivity (Wildman–Crippen MR) is 99.4 cm³/mol. The van der Waals surface area contributed by atoms with Crippen LogP contribution in [0.15, 0.2) is 53.4 Å². The summed E-state index contributed by atoms with van der Waals surface area (Å²) in [6.07, 6.45) is 0.922. The van der Waals surface area contributed by atoms with Gasteiger partial charge in [-0.3, -0.25) is 4.79 Å². The van der Waals surface area contributed by atoms with Crippen LogP contribution in [0.25, 0.3) is 0 Å². The molecule has 0 fully saturated rings. The molecule has 0 aliphatic carbocycles. The highest BCUT2D eigenvalue weighted by atomic mass is 35.5. The van der Waals surface area contributed by atoms with Crippen molar-refractivity contribution >= 4 is 39.1 Å². The monoisotopic (exact) mass is 400 g/mol. The van der Waals surface area contributed by atoms with E-state index in [2.05, 4.69) is 10.0 Å². The van der Waals surface area contributed by atoms with Crippen molar-refractivity contribution in [2.45, 2.75) is 17.7 Å². The van der Waals surface area contributed by atoms with Gasteiger partial charge in [-0.1, -0.05) is 35.3 Å². The van der Waals surface area contributed by atoms with Crippen LogP contribution in [0.4, 0.5) is 0 Å². The number of rotatable bonds is 8. The first kappa shape index (κ1) is 19.7. The molecule has 25 heavy (non-hydrogen) atoms. The van der Waals surface area contributed by atoms with Gasteiger partial charge in [0.15, 0.2) is 0 Å². The zero-order chi connectivity index (χ0) is 18.3. The minimum Gasteiger partial charge on any atom is -0.355 e. The first-order chi connectivity index (χ1) is 11.9. The number of sulfonamides is 1. The van der Waals surface area contributed by atoms with Crippen LogP contribution in [0.1, 0.15) is 12.0 Å². The van der Waals surface area contributed by atoms with Crippen LogP contribution in [0.5, 0.6) is 0 Å². The quantitative estimate of drug-likeness (QED) is 0.668. The summed E-state index contributed by atoms with van der Waals surface area (Å²) in [6.45, 7) is 0.323. The number of hydrogen-bond acceptors (Lipinski definition) is 3. The van der Waals surface area contributed by atoms with Gasteiger partial charge in [0, 0.05) is 29.6 Å². The molecule has 0 bridgehead atoms. The second-order valence-electron chi connectivity index (χ2n) is 5.33. The standard InChI is InChI=1S/C17H18Cl2N2O3S/c18-14-4-1-13(2-5-14)3-10-17(22)20-11-12-21-25(23,24)16-8-6-15(19)7-9-16/h1-2,4-9,21H,3,10-12H2,(H,20,22). The molecule has 0 aliphatic heterocycles. The van der Waals surface area contributed by atoms with Crippen molar-refractivity contribution < 1.29 is 13.2 Å². The first-order valence-electron chi connectivity index (χ1n) is 7.63. The highest BCUT2D eigenvalue weighted by molar-refractivity contribution is 7.89. The van der Waals surface area contributed by atoms with Gasteiger partial charge in [0.05, 0.1) is 4.90 Å². The lowest BCUT2D eigenvalue weighted by Crippen LogP contribution is -2.34. The van der Waals surface area contributed by atoms with Crippen LogP contribution < -0.4 is 10.0 Å². The van der Waals surface area contributed by atoms with E-state index in [0.717, 1.165) is 5.56 Å². The highest BCUT2D eigenvalue weighted by Gasteiger charge is 2.13. The second kappa shape index (κ2) is 9.20. The minimum atomic E-state index is -3.61. The topological polar surface area (TPSA) is 75.3 Å². The fourth-order valence-corrected chi connectivity index (χ4v) is 3.37. The van der Waals surface area contributed by atoms with Gasteiger partial charge in [0.2, 0.25) is 15.9 Å². The van der Waals surface area contributed by atoms with E-state index in [9.17, 15) is 13.2 Å². The maximum absolute atomic E-state index is 12.0. The summed E-state index contributed by atoms with van der Waals surface area (Å²) in [5.41, 5.74) is 1.02. The number of carbonyl (C=O) groups excluding carboxylic acids is 1. The molecule has 0 unspecified atom stereocenters. The molecular formula is C17H18Cl2N2O3S. The summed E-state index contributed by atoms with van der Waals surface area (Å²) in [5, 5.41) is 3.80. The van der Waals surface area contributed by atoms with Crippen LogP contribution >= 0.6 is 23.2 Å². The van der Waals surface area contributed by atoms with Crippen molar-refractivity contribution in [1.82, 2.24) is 10.0 Å². The Morgan fingerprint density at radius 1 is 0.880 bits per heavy atom. The van der Waals surface area contributed by atoms with Crippen molar-refractivity contribution in [2.75, 3.05) is 13.1 Å². The number of carbonyl (C=O) groups is 1. The van der Waals surface area contributed by atoms with E-state index in [4.69, 9.17) is 23.2 Å². The Morgan fingerprint density at radius 2 is 1.44 bits per heavy atom. The lowest BCUT2D eigenvalue weighted by atomic mass is 10.1. The average molecular weight is 401 g/mol. The summed E-state index contributed by atoms with van der Waals surface area (Å²) < 4.78 is 26.5. The van der Waals surface area contributed by atoms with Gasteiger partial charge in [-0.05, 0) is 48.4 Å². The van der Waals surface area contributed by atoms with Crippen molar-refractivity contribution in [3.05, 3.63) is 64.1 Å². The van der Waals surface area contributed by atoms with E-state index in [1.165, 1.54) is 24.3 Å². The molecule has 0 spiro atoms. The Morgan fingerprint density at radius 3 is 2.04 bits per heavy atom. The Hall–Kier alpha value is -1.60. The molecule has 1 amide bonds. The maximum Gasteiger partial charge on any atom is 0.240 e. The van der Waals surface area contributed by atoms with Gasteiger partial charge in [0.1, 0.15) is 0 Å². The minimum absolute atomic E-state index is 0.109. The van der Waals surface area contributed by atoms with Crippen molar-refractivity contribution in [1.29, 1.82) is 0 Å². The number of halogens is 2. The Kier molecular flexibility index (Phi) is 7.25. The van der Waals surface area contributed by atoms with Crippen LogP contribution in [0.2, 0.25) is 10.0 Å². The lowest BCUT2D eigenvalue weighted by molar-refractivity contribution is -0.121. The second-order valence-corrected chi connectivity index (χ2v) is 7.97. The third-order valence-corrected chi connectivity index (χ3v) is 5.40. The van der Waals surface area contributed by atoms with E-state index in [-0.39, 0.29) is 23.9 Å². The number of nitrogens with one attached hydrogen (secondary N) is 2.